The van der Waals surface area contributed by atoms with E-state index in [0.717, 1.165) is 12.2 Å². The molecule has 0 spiro atoms. The van der Waals surface area contributed by atoms with E-state index in [2.05, 4.69) is 25.3 Å². The molecule has 0 saturated carbocycles. The fourth-order valence-corrected chi connectivity index (χ4v) is 2.72. The van der Waals surface area contributed by atoms with Gasteiger partial charge in [-0.2, -0.15) is 4.98 Å². The molecule has 0 amide bonds. The minimum absolute atomic E-state index is 0.105. The highest BCUT2D eigenvalue weighted by Crippen LogP contribution is 2.32. The second-order valence-electron chi connectivity index (χ2n) is 5.10. The predicted octanol–water partition coefficient (Wildman–Crippen LogP) is 3.72. The number of aromatic nitrogens is 5. The summed E-state index contributed by atoms with van der Waals surface area (Å²) < 4.78 is 18.9. The number of halogens is 1. The SMILES string of the molecule is CCc1nc(SC(C)c2nc(-c3ccc(C)c(F)c3)no2)n[nH]1. The molecule has 1 atom stereocenters. The summed E-state index contributed by atoms with van der Waals surface area (Å²) in [5.41, 5.74) is 1.17. The van der Waals surface area contributed by atoms with Gasteiger partial charge >= 0.3 is 0 Å². The van der Waals surface area contributed by atoms with Gasteiger partial charge in [-0.3, -0.25) is 5.10 Å². The van der Waals surface area contributed by atoms with E-state index in [1.165, 1.54) is 17.8 Å². The van der Waals surface area contributed by atoms with Crippen molar-refractivity contribution < 1.29 is 8.91 Å². The van der Waals surface area contributed by atoms with Crippen LogP contribution in [0.4, 0.5) is 4.39 Å². The highest BCUT2D eigenvalue weighted by molar-refractivity contribution is 7.99. The third kappa shape index (κ3) is 3.42. The zero-order valence-corrected chi connectivity index (χ0v) is 13.8. The largest absolute Gasteiger partial charge is 0.338 e. The number of hydrogen-bond acceptors (Lipinski definition) is 6. The van der Waals surface area contributed by atoms with Gasteiger partial charge in [0.15, 0.2) is 0 Å². The zero-order chi connectivity index (χ0) is 16.4. The second kappa shape index (κ2) is 6.49. The molecule has 0 radical (unpaired) electrons. The standard InChI is InChI=1S/C15H16FN5OS/c1-4-12-17-15(20-19-12)23-9(3)14-18-13(21-22-14)10-6-5-8(2)11(16)7-10/h5-7,9H,4H2,1-3H3,(H,17,19,20). The number of nitrogens with zero attached hydrogens (tertiary/aromatic N) is 4. The average molecular weight is 333 g/mol. The minimum atomic E-state index is -0.288. The van der Waals surface area contributed by atoms with Crippen LogP contribution in [0.15, 0.2) is 27.9 Å². The van der Waals surface area contributed by atoms with Crippen molar-refractivity contribution in [1.82, 2.24) is 25.3 Å². The summed E-state index contributed by atoms with van der Waals surface area (Å²) in [6.07, 6.45) is 0.797. The van der Waals surface area contributed by atoms with Crippen LogP contribution in [0.5, 0.6) is 0 Å². The Hall–Kier alpha value is -2.22. The fourth-order valence-electron chi connectivity index (χ4n) is 1.95. The molecule has 6 nitrogen and oxygen atoms in total. The van der Waals surface area contributed by atoms with E-state index in [9.17, 15) is 4.39 Å². The molecule has 0 aliphatic rings. The molecule has 1 unspecified atom stereocenters. The third-order valence-corrected chi connectivity index (χ3v) is 4.30. The van der Waals surface area contributed by atoms with Gasteiger partial charge in [-0.05, 0) is 25.5 Å². The molecule has 2 aromatic heterocycles. The average Bonchev–Trinajstić information content (AvgIpc) is 3.19. The lowest BCUT2D eigenvalue weighted by molar-refractivity contribution is 0.380. The van der Waals surface area contributed by atoms with Gasteiger partial charge in [0.25, 0.3) is 0 Å². The van der Waals surface area contributed by atoms with Gasteiger partial charge < -0.3 is 4.52 Å². The van der Waals surface area contributed by atoms with Gasteiger partial charge in [-0.1, -0.05) is 36.0 Å². The number of aryl methyl sites for hydroxylation is 2. The molecule has 8 heteroatoms. The first kappa shape index (κ1) is 15.7. The lowest BCUT2D eigenvalue weighted by Gasteiger charge is -2.01. The van der Waals surface area contributed by atoms with Crippen molar-refractivity contribution in [3.63, 3.8) is 0 Å². The van der Waals surface area contributed by atoms with Crippen LogP contribution in [0.1, 0.15) is 36.4 Å². The molecular weight excluding hydrogens is 317 g/mol. The number of nitrogens with one attached hydrogen (secondary N) is 1. The Kier molecular flexibility index (Phi) is 4.42. The van der Waals surface area contributed by atoms with E-state index in [0.29, 0.717) is 28.0 Å². The normalized spacial score (nSPS) is 12.5. The molecule has 120 valence electrons. The second-order valence-corrected chi connectivity index (χ2v) is 6.41. The first-order valence-corrected chi connectivity index (χ1v) is 8.13. The summed E-state index contributed by atoms with van der Waals surface area (Å²) in [7, 11) is 0. The van der Waals surface area contributed by atoms with E-state index >= 15 is 0 Å². The summed E-state index contributed by atoms with van der Waals surface area (Å²) in [6.45, 7) is 5.64. The third-order valence-electron chi connectivity index (χ3n) is 3.35. The van der Waals surface area contributed by atoms with Crippen molar-refractivity contribution in [1.29, 1.82) is 0 Å². The van der Waals surface area contributed by atoms with Crippen LogP contribution < -0.4 is 0 Å². The van der Waals surface area contributed by atoms with Crippen molar-refractivity contribution in [3.05, 3.63) is 41.3 Å². The lowest BCUT2D eigenvalue weighted by Crippen LogP contribution is -1.91. The number of benzene rings is 1. The first-order valence-electron chi connectivity index (χ1n) is 7.25. The Morgan fingerprint density at radius 3 is 2.87 bits per heavy atom. The topological polar surface area (TPSA) is 80.5 Å². The molecular formula is C15H16FN5OS. The van der Waals surface area contributed by atoms with E-state index in [1.807, 2.05) is 13.8 Å². The molecule has 0 bridgehead atoms. The molecule has 0 aliphatic carbocycles. The van der Waals surface area contributed by atoms with Crippen LogP contribution in [-0.4, -0.2) is 25.3 Å². The van der Waals surface area contributed by atoms with Crippen LogP contribution in [0.3, 0.4) is 0 Å². The Bertz CT molecular complexity index is 816. The lowest BCUT2D eigenvalue weighted by atomic mass is 10.1. The van der Waals surface area contributed by atoms with Gasteiger partial charge in [0.2, 0.25) is 16.9 Å². The molecule has 3 rings (SSSR count). The summed E-state index contributed by atoms with van der Waals surface area (Å²) in [5, 5.41) is 11.4. The first-order chi connectivity index (χ1) is 11.1. The van der Waals surface area contributed by atoms with Crippen molar-refractivity contribution in [2.45, 2.75) is 37.6 Å². The minimum Gasteiger partial charge on any atom is -0.338 e. The van der Waals surface area contributed by atoms with Crippen LogP contribution in [0, 0.1) is 12.7 Å². The van der Waals surface area contributed by atoms with Crippen molar-refractivity contribution in [2.75, 3.05) is 0 Å². The fraction of sp³-hybridized carbons (Fsp3) is 0.333. The van der Waals surface area contributed by atoms with Gasteiger partial charge in [-0.25, -0.2) is 9.37 Å². The Balaban J connectivity index is 1.76. The van der Waals surface area contributed by atoms with E-state index in [1.54, 1.807) is 19.1 Å². The zero-order valence-electron chi connectivity index (χ0n) is 13.0. The van der Waals surface area contributed by atoms with Crippen LogP contribution in [0.2, 0.25) is 0 Å². The Labute approximate surface area is 136 Å². The number of hydrogen-bond donors (Lipinski definition) is 1. The van der Waals surface area contributed by atoms with Gasteiger partial charge in [-0.15, -0.1) is 5.10 Å². The van der Waals surface area contributed by atoms with Crippen molar-refractivity contribution in [2.24, 2.45) is 0 Å². The van der Waals surface area contributed by atoms with Crippen LogP contribution in [-0.2, 0) is 6.42 Å². The van der Waals surface area contributed by atoms with Gasteiger partial charge in [0, 0.05) is 12.0 Å². The molecule has 3 aromatic rings. The maximum Gasteiger partial charge on any atom is 0.240 e. The Morgan fingerprint density at radius 1 is 1.35 bits per heavy atom. The number of aromatic amines is 1. The molecule has 0 fully saturated rings. The van der Waals surface area contributed by atoms with Crippen molar-refractivity contribution >= 4 is 11.8 Å². The van der Waals surface area contributed by atoms with E-state index in [-0.39, 0.29) is 11.1 Å². The molecule has 2 heterocycles. The summed E-state index contributed by atoms with van der Waals surface area (Å²) in [4.78, 5) is 8.68. The van der Waals surface area contributed by atoms with Crippen LogP contribution in [0.25, 0.3) is 11.4 Å². The monoisotopic (exact) mass is 333 g/mol. The predicted molar refractivity (Wildman–Crippen MR) is 84.5 cm³/mol. The summed E-state index contributed by atoms with van der Waals surface area (Å²) in [6, 6.07) is 4.87. The molecule has 23 heavy (non-hydrogen) atoms. The smallest absolute Gasteiger partial charge is 0.240 e. The molecule has 1 aromatic carbocycles. The summed E-state index contributed by atoms with van der Waals surface area (Å²) in [5.74, 6) is 1.37. The molecule has 1 N–H and O–H groups in total. The number of H-pyrrole nitrogens is 1. The van der Waals surface area contributed by atoms with Crippen LogP contribution >= 0.6 is 11.8 Å². The van der Waals surface area contributed by atoms with Gasteiger partial charge in [0.05, 0.1) is 5.25 Å². The molecule has 0 saturated heterocycles. The number of rotatable bonds is 5. The quantitative estimate of drug-likeness (QED) is 0.717. The van der Waals surface area contributed by atoms with Gasteiger partial charge in [0.1, 0.15) is 11.6 Å². The molecule has 0 aliphatic heterocycles. The number of thioether (sulfide) groups is 1. The van der Waals surface area contributed by atoms with Crippen molar-refractivity contribution in [3.8, 4) is 11.4 Å². The highest BCUT2D eigenvalue weighted by Gasteiger charge is 2.19. The van der Waals surface area contributed by atoms with E-state index < -0.39 is 0 Å². The maximum absolute atomic E-state index is 13.6. The highest BCUT2D eigenvalue weighted by atomic mass is 32.2. The Morgan fingerprint density at radius 2 is 2.17 bits per heavy atom. The summed E-state index contributed by atoms with van der Waals surface area (Å²) >= 11 is 1.42. The maximum atomic E-state index is 13.6. The van der Waals surface area contributed by atoms with E-state index in [4.69, 9.17) is 4.52 Å².